The van der Waals surface area contributed by atoms with Crippen molar-refractivity contribution in [2.24, 2.45) is 0 Å². The number of amides is 1. The first-order valence-corrected chi connectivity index (χ1v) is 5.91. The predicted molar refractivity (Wildman–Crippen MR) is 68.7 cm³/mol. The predicted octanol–water partition coefficient (Wildman–Crippen LogP) is 0.175. The summed E-state index contributed by atoms with van der Waals surface area (Å²) in [6.45, 7) is 1.75. The first-order chi connectivity index (χ1) is 9.55. The molecule has 110 valence electrons. The topological polar surface area (TPSA) is 99.6 Å². The van der Waals surface area contributed by atoms with E-state index in [-0.39, 0.29) is 17.6 Å². The highest BCUT2D eigenvalue weighted by Gasteiger charge is 2.21. The Labute approximate surface area is 116 Å². The molecule has 1 N–H and O–H groups in total. The summed E-state index contributed by atoms with van der Waals surface area (Å²) < 4.78 is 14.4. The van der Waals surface area contributed by atoms with Gasteiger partial charge in [-0.3, -0.25) is 4.79 Å². The van der Waals surface area contributed by atoms with Gasteiger partial charge in [-0.1, -0.05) is 6.92 Å². The Morgan fingerprint density at radius 3 is 2.45 bits per heavy atom. The number of hydrogen-bond donors (Lipinski definition) is 1. The standard InChI is InChI=1S/C12H17N3O5/c1-5-7(11(17)19-3)13-10(16)8-6-9(18-2)15-12(14-8)20-4/h6-7H,5H2,1-4H3,(H,13,16)/t7-/m0/s1. The first kappa shape index (κ1) is 15.7. The Bertz CT molecular complexity index is 470. The zero-order valence-corrected chi connectivity index (χ0v) is 11.8. The maximum Gasteiger partial charge on any atom is 0.328 e. The molecule has 0 aromatic carbocycles. The lowest BCUT2D eigenvalue weighted by Crippen LogP contribution is -2.41. The molecule has 1 heterocycles. The quantitative estimate of drug-likeness (QED) is 0.743. The average Bonchev–Trinajstić information content (AvgIpc) is 2.50. The number of aromatic nitrogens is 2. The van der Waals surface area contributed by atoms with Gasteiger partial charge in [0.15, 0.2) is 0 Å². The molecule has 0 aliphatic rings. The van der Waals surface area contributed by atoms with E-state index in [4.69, 9.17) is 9.47 Å². The van der Waals surface area contributed by atoms with E-state index in [0.717, 1.165) is 0 Å². The number of methoxy groups -OCH3 is 3. The Hall–Kier alpha value is -2.38. The van der Waals surface area contributed by atoms with Gasteiger partial charge in [0, 0.05) is 6.07 Å². The molecule has 0 bridgehead atoms. The van der Waals surface area contributed by atoms with Gasteiger partial charge in [0.25, 0.3) is 5.91 Å². The van der Waals surface area contributed by atoms with Crippen LogP contribution in [-0.2, 0) is 9.53 Å². The third kappa shape index (κ3) is 3.81. The fraction of sp³-hybridized carbons (Fsp3) is 0.500. The maximum absolute atomic E-state index is 12.1. The van der Waals surface area contributed by atoms with Crippen LogP contribution in [0.1, 0.15) is 23.8 Å². The molecular formula is C12H17N3O5. The minimum absolute atomic E-state index is 0.000571. The summed E-state index contributed by atoms with van der Waals surface area (Å²) in [6.07, 6.45) is 0.401. The van der Waals surface area contributed by atoms with E-state index in [0.29, 0.717) is 6.42 Å². The summed E-state index contributed by atoms with van der Waals surface area (Å²) in [5, 5.41) is 2.52. The SMILES string of the molecule is CC[C@H](NC(=O)c1cc(OC)nc(OC)n1)C(=O)OC. The van der Waals surface area contributed by atoms with Crippen LogP contribution in [0.15, 0.2) is 6.07 Å². The molecule has 0 spiro atoms. The summed E-state index contributed by atoms with van der Waals surface area (Å²) in [5.74, 6) is -0.872. The van der Waals surface area contributed by atoms with Gasteiger partial charge in [-0.15, -0.1) is 0 Å². The zero-order valence-electron chi connectivity index (χ0n) is 11.8. The number of carbonyl (C=O) groups is 2. The smallest absolute Gasteiger partial charge is 0.328 e. The van der Waals surface area contributed by atoms with E-state index in [2.05, 4.69) is 20.0 Å². The van der Waals surface area contributed by atoms with Gasteiger partial charge in [0.2, 0.25) is 5.88 Å². The zero-order chi connectivity index (χ0) is 15.1. The molecule has 1 amide bonds. The molecule has 0 saturated carbocycles. The second kappa shape index (κ2) is 7.27. The molecule has 1 atom stereocenters. The molecule has 8 nitrogen and oxygen atoms in total. The monoisotopic (exact) mass is 283 g/mol. The van der Waals surface area contributed by atoms with Crippen LogP contribution in [-0.4, -0.2) is 49.2 Å². The highest BCUT2D eigenvalue weighted by Crippen LogP contribution is 2.13. The van der Waals surface area contributed by atoms with E-state index in [9.17, 15) is 9.59 Å². The highest BCUT2D eigenvalue weighted by atomic mass is 16.5. The van der Waals surface area contributed by atoms with Crippen LogP contribution in [0.25, 0.3) is 0 Å². The minimum atomic E-state index is -0.737. The van der Waals surface area contributed by atoms with Gasteiger partial charge in [-0.2, -0.15) is 9.97 Å². The van der Waals surface area contributed by atoms with Crippen molar-refractivity contribution in [2.45, 2.75) is 19.4 Å². The van der Waals surface area contributed by atoms with Crippen molar-refractivity contribution in [2.75, 3.05) is 21.3 Å². The molecular weight excluding hydrogens is 266 g/mol. The van der Waals surface area contributed by atoms with Crippen LogP contribution in [0, 0.1) is 0 Å². The first-order valence-electron chi connectivity index (χ1n) is 5.91. The van der Waals surface area contributed by atoms with Crippen LogP contribution < -0.4 is 14.8 Å². The number of carbonyl (C=O) groups excluding carboxylic acids is 2. The Balaban J connectivity index is 2.93. The number of esters is 1. The molecule has 8 heteroatoms. The molecule has 0 saturated heterocycles. The second-order valence-corrected chi connectivity index (χ2v) is 3.74. The minimum Gasteiger partial charge on any atom is -0.481 e. The summed E-state index contributed by atoms with van der Waals surface area (Å²) in [7, 11) is 4.04. The lowest BCUT2D eigenvalue weighted by atomic mass is 10.2. The Morgan fingerprint density at radius 1 is 1.25 bits per heavy atom. The van der Waals surface area contributed by atoms with Crippen LogP contribution in [0.4, 0.5) is 0 Å². The van der Waals surface area contributed by atoms with Gasteiger partial charge >= 0.3 is 12.0 Å². The maximum atomic E-state index is 12.1. The summed E-state index contributed by atoms with van der Waals surface area (Å²) in [4.78, 5) is 31.3. The third-order valence-corrected chi connectivity index (χ3v) is 2.51. The van der Waals surface area contributed by atoms with E-state index in [1.54, 1.807) is 6.92 Å². The van der Waals surface area contributed by atoms with Crippen molar-refractivity contribution in [1.82, 2.24) is 15.3 Å². The Morgan fingerprint density at radius 2 is 1.95 bits per heavy atom. The molecule has 0 aliphatic heterocycles. The molecule has 1 aromatic heterocycles. The van der Waals surface area contributed by atoms with Gasteiger partial charge in [-0.05, 0) is 6.42 Å². The molecule has 0 aliphatic carbocycles. The largest absolute Gasteiger partial charge is 0.481 e. The van der Waals surface area contributed by atoms with Crippen molar-refractivity contribution in [3.63, 3.8) is 0 Å². The molecule has 1 aromatic rings. The molecule has 0 radical (unpaired) electrons. The van der Waals surface area contributed by atoms with Crippen molar-refractivity contribution in [3.05, 3.63) is 11.8 Å². The van der Waals surface area contributed by atoms with E-state index in [1.165, 1.54) is 27.4 Å². The molecule has 20 heavy (non-hydrogen) atoms. The van der Waals surface area contributed by atoms with Crippen LogP contribution in [0.5, 0.6) is 11.9 Å². The van der Waals surface area contributed by atoms with Crippen molar-refractivity contribution in [3.8, 4) is 11.9 Å². The highest BCUT2D eigenvalue weighted by molar-refractivity contribution is 5.95. The normalized spacial score (nSPS) is 11.4. The summed E-state index contributed by atoms with van der Waals surface area (Å²) in [5.41, 5.74) is 0.0380. The number of nitrogens with zero attached hydrogens (tertiary/aromatic N) is 2. The van der Waals surface area contributed by atoms with E-state index in [1.807, 2.05) is 0 Å². The van der Waals surface area contributed by atoms with Crippen molar-refractivity contribution >= 4 is 11.9 Å². The molecule has 1 rings (SSSR count). The summed E-state index contributed by atoms with van der Waals surface area (Å²) >= 11 is 0. The number of nitrogens with one attached hydrogen (secondary N) is 1. The number of ether oxygens (including phenoxy) is 3. The summed E-state index contributed by atoms with van der Waals surface area (Å²) in [6, 6.07) is 0.613. The van der Waals surface area contributed by atoms with E-state index < -0.39 is 17.9 Å². The van der Waals surface area contributed by atoms with Crippen LogP contribution in [0.3, 0.4) is 0 Å². The van der Waals surface area contributed by atoms with E-state index >= 15 is 0 Å². The van der Waals surface area contributed by atoms with Crippen LogP contribution in [0.2, 0.25) is 0 Å². The Kier molecular flexibility index (Phi) is 5.70. The lowest BCUT2D eigenvalue weighted by Gasteiger charge is -2.14. The second-order valence-electron chi connectivity index (χ2n) is 3.74. The fourth-order valence-corrected chi connectivity index (χ4v) is 1.42. The molecule has 0 unspecified atom stereocenters. The van der Waals surface area contributed by atoms with Gasteiger partial charge in [-0.25, -0.2) is 4.79 Å². The third-order valence-electron chi connectivity index (χ3n) is 2.51. The van der Waals surface area contributed by atoms with Crippen molar-refractivity contribution < 1.29 is 23.8 Å². The fourth-order valence-electron chi connectivity index (χ4n) is 1.42. The number of hydrogen-bond acceptors (Lipinski definition) is 7. The molecule has 0 fully saturated rings. The van der Waals surface area contributed by atoms with Gasteiger partial charge in [0.1, 0.15) is 11.7 Å². The number of rotatable bonds is 6. The average molecular weight is 283 g/mol. The van der Waals surface area contributed by atoms with Gasteiger partial charge < -0.3 is 19.5 Å². The van der Waals surface area contributed by atoms with Crippen LogP contribution >= 0.6 is 0 Å². The lowest BCUT2D eigenvalue weighted by molar-refractivity contribution is -0.142. The van der Waals surface area contributed by atoms with Crippen molar-refractivity contribution in [1.29, 1.82) is 0 Å². The van der Waals surface area contributed by atoms with Gasteiger partial charge in [0.05, 0.1) is 21.3 Å².